The number of carbonyl (C=O) groups is 6. The van der Waals surface area contributed by atoms with Crippen LogP contribution in [0.1, 0.15) is 104 Å². The van der Waals surface area contributed by atoms with Gasteiger partial charge in [-0.05, 0) is 116 Å². The fourth-order valence-electron chi connectivity index (χ4n) is 9.75. The van der Waals surface area contributed by atoms with E-state index < -0.39 is 41.3 Å². The Bertz CT molecular complexity index is 2740. The normalized spacial score (nSPS) is 18.0. The maximum atomic E-state index is 13.9. The summed E-state index contributed by atoms with van der Waals surface area (Å²) in [7, 11) is 0. The monoisotopic (exact) mass is 990 g/mol. The van der Waals surface area contributed by atoms with E-state index in [-0.39, 0.29) is 60.8 Å². The first-order valence-corrected chi connectivity index (χ1v) is 24.6. The summed E-state index contributed by atoms with van der Waals surface area (Å²) in [6, 6.07) is 19.1. The summed E-state index contributed by atoms with van der Waals surface area (Å²) in [5.74, 6) is -2.92. The third-order valence-electron chi connectivity index (χ3n) is 13.6. The number of imide groups is 2. The van der Waals surface area contributed by atoms with E-state index in [0.29, 0.717) is 95.0 Å². The molecule has 17 nitrogen and oxygen atoms in total. The highest BCUT2D eigenvalue weighted by Gasteiger charge is 2.44. The highest BCUT2D eigenvalue weighted by atomic mass is 19.1. The van der Waals surface area contributed by atoms with Crippen molar-refractivity contribution in [1.82, 2.24) is 20.4 Å². The molecule has 378 valence electrons. The maximum absolute atomic E-state index is 13.9. The van der Waals surface area contributed by atoms with Gasteiger partial charge in [-0.2, -0.15) is 0 Å². The Labute approximate surface area is 415 Å². The first kappa shape index (κ1) is 50.0. The second kappa shape index (κ2) is 23.1. The minimum atomic E-state index is -1.02. The van der Waals surface area contributed by atoms with Crippen molar-refractivity contribution in [3.63, 3.8) is 0 Å². The molecule has 72 heavy (non-hydrogen) atoms. The summed E-state index contributed by atoms with van der Waals surface area (Å²) >= 11 is 0. The van der Waals surface area contributed by atoms with Gasteiger partial charge in [0.15, 0.2) is 0 Å². The molecule has 9 rings (SSSR count). The van der Waals surface area contributed by atoms with E-state index >= 15 is 0 Å². The predicted octanol–water partition coefficient (Wildman–Crippen LogP) is 3.71. The van der Waals surface area contributed by atoms with Gasteiger partial charge < -0.3 is 34.5 Å². The largest absolute Gasteiger partial charge is 0.383 e. The van der Waals surface area contributed by atoms with Crippen molar-refractivity contribution >= 4 is 58.3 Å². The fourth-order valence-corrected chi connectivity index (χ4v) is 9.75. The number of likely N-dealkylation sites (tertiary alicyclic amines) is 1. The molecule has 5 N–H and O–H groups in total. The lowest BCUT2D eigenvalue weighted by molar-refractivity contribution is -0.370. The summed E-state index contributed by atoms with van der Waals surface area (Å²) in [6.07, 6.45) is 3.96. The number of anilines is 2. The minimum absolute atomic E-state index is 0.0399. The maximum Gasteiger partial charge on any atom is 0.341 e. The lowest BCUT2D eigenvalue weighted by Gasteiger charge is -2.33. The SMILES string of the molecule is O=C1CCC(N2C(=O)c3ccc(NCCOCCOCCOCCC(=O)N4CCC(c5ccc(C(=O)NC6=[NH+]c7ccc(Cc8cc(F)cc(F)c8)cc76)c(NC6CCOCC6)c5)CC4)cc3C2=O)C(=O)N1. The van der Waals surface area contributed by atoms with E-state index in [2.05, 4.69) is 32.3 Å². The highest BCUT2D eigenvalue weighted by molar-refractivity contribution is 6.23. The topological polar surface area (TPSA) is 208 Å². The van der Waals surface area contributed by atoms with Crippen LogP contribution in [0, 0.1) is 11.6 Å². The van der Waals surface area contributed by atoms with E-state index in [1.807, 2.05) is 35.2 Å². The van der Waals surface area contributed by atoms with Crippen LogP contribution in [0.5, 0.6) is 0 Å². The molecular weight excluding hydrogens is 933 g/mol. The molecule has 1 atom stereocenters. The van der Waals surface area contributed by atoms with Crippen molar-refractivity contribution in [3.05, 3.63) is 123 Å². The van der Waals surface area contributed by atoms with Crippen LogP contribution < -0.4 is 26.3 Å². The predicted molar refractivity (Wildman–Crippen MR) is 259 cm³/mol. The van der Waals surface area contributed by atoms with Crippen LogP contribution in [-0.4, -0.2) is 136 Å². The van der Waals surface area contributed by atoms with E-state index in [0.717, 1.165) is 64.7 Å². The van der Waals surface area contributed by atoms with Gasteiger partial charge in [0, 0.05) is 62.8 Å². The number of amides is 6. The van der Waals surface area contributed by atoms with Gasteiger partial charge in [-0.15, -0.1) is 0 Å². The smallest absolute Gasteiger partial charge is 0.341 e. The first-order chi connectivity index (χ1) is 35.0. The Morgan fingerprint density at radius 2 is 1.46 bits per heavy atom. The van der Waals surface area contributed by atoms with Gasteiger partial charge in [-0.1, -0.05) is 12.1 Å². The summed E-state index contributed by atoms with van der Waals surface area (Å²) < 4.78 is 50.2. The van der Waals surface area contributed by atoms with Gasteiger partial charge >= 0.3 is 5.91 Å². The van der Waals surface area contributed by atoms with Crippen molar-refractivity contribution in [3.8, 4) is 0 Å². The Kier molecular flexibility index (Phi) is 16.0. The number of piperidine rings is 2. The average molecular weight is 991 g/mol. The van der Waals surface area contributed by atoms with Gasteiger partial charge in [0.05, 0.1) is 62.8 Å². The van der Waals surface area contributed by atoms with Crippen molar-refractivity contribution in [2.75, 3.05) is 83.1 Å². The number of benzene rings is 4. The molecule has 0 saturated carbocycles. The molecule has 5 aliphatic rings. The number of hydrogen-bond acceptors (Lipinski definition) is 12. The number of nitrogens with one attached hydrogen (secondary N) is 5. The van der Waals surface area contributed by atoms with Gasteiger partial charge in [0.2, 0.25) is 17.7 Å². The molecule has 19 heteroatoms. The Morgan fingerprint density at radius 1 is 0.736 bits per heavy atom. The second-order valence-corrected chi connectivity index (χ2v) is 18.5. The Hall–Kier alpha value is -6.93. The molecule has 4 aromatic carbocycles. The van der Waals surface area contributed by atoms with Gasteiger partial charge in [-0.25, -0.2) is 23.9 Å². The van der Waals surface area contributed by atoms with Crippen LogP contribution in [-0.2, 0) is 39.8 Å². The highest BCUT2D eigenvalue weighted by Crippen LogP contribution is 2.33. The summed E-state index contributed by atoms with van der Waals surface area (Å²) in [5.41, 5.74) is 6.43. The molecule has 6 amide bonds. The third-order valence-corrected chi connectivity index (χ3v) is 13.6. The Balaban J connectivity index is 0.658. The third kappa shape index (κ3) is 12.0. The van der Waals surface area contributed by atoms with Crippen LogP contribution in [0.15, 0.2) is 72.8 Å². The van der Waals surface area contributed by atoms with E-state index in [1.165, 1.54) is 12.1 Å². The van der Waals surface area contributed by atoms with Crippen molar-refractivity contribution in [1.29, 1.82) is 0 Å². The van der Waals surface area contributed by atoms with Gasteiger partial charge in [-0.3, -0.25) is 34.2 Å². The van der Waals surface area contributed by atoms with Gasteiger partial charge in [0.25, 0.3) is 17.6 Å². The van der Waals surface area contributed by atoms with E-state index in [4.69, 9.17) is 18.9 Å². The summed E-state index contributed by atoms with van der Waals surface area (Å²) in [4.78, 5) is 82.9. The zero-order valence-corrected chi connectivity index (χ0v) is 39.8. The first-order valence-electron chi connectivity index (χ1n) is 24.6. The standard InChI is InChI=1S/C53H57F2N7O10/c54-36-26-33(27-37(55)30-36)25-32-1-6-44-43(28-32)49(58-44)60-50(65)41-4-2-35(29-45(41)57-38-11-17-69-18-12-38)34-9-15-61(16-10-34)48(64)13-19-70-21-23-72-24-22-71-20-14-56-39-3-5-40-42(31-39)53(68)62(52(40)67)46-7-8-47(63)59-51(46)66/h1-6,26-31,34,38,46,56-57H,7-25H2,(H,58,60,65)(H,59,63,66)/p+1. The minimum Gasteiger partial charge on any atom is -0.383 e. The molecule has 3 fully saturated rings. The number of hydrogen-bond donors (Lipinski definition) is 5. The van der Waals surface area contributed by atoms with Crippen molar-refractivity contribution < 1.29 is 61.5 Å². The Morgan fingerprint density at radius 3 is 2.21 bits per heavy atom. The quantitative estimate of drug-likeness (QED) is 0.0635. The van der Waals surface area contributed by atoms with E-state index in [1.54, 1.807) is 18.2 Å². The van der Waals surface area contributed by atoms with Crippen molar-refractivity contribution in [2.45, 2.75) is 69.4 Å². The number of ether oxygens (including phenoxy) is 4. The van der Waals surface area contributed by atoms with Crippen molar-refractivity contribution in [2.24, 2.45) is 0 Å². The lowest BCUT2D eigenvalue weighted by Crippen LogP contribution is -2.78. The van der Waals surface area contributed by atoms with Crippen LogP contribution in [0.25, 0.3) is 0 Å². The zero-order valence-electron chi connectivity index (χ0n) is 39.8. The number of carbonyl (C=O) groups excluding carboxylic acids is 6. The molecule has 5 heterocycles. The number of fused-ring (bicyclic) bond motifs is 2. The number of halogens is 2. The van der Waals surface area contributed by atoms with Gasteiger partial charge in [0.1, 0.15) is 28.9 Å². The molecule has 1 unspecified atom stereocenters. The van der Waals surface area contributed by atoms with E-state index in [9.17, 15) is 37.5 Å². The van der Waals surface area contributed by atoms with Crippen LogP contribution >= 0.6 is 0 Å². The summed E-state index contributed by atoms with van der Waals surface area (Å²) in [6.45, 7) is 4.97. The molecule has 0 aromatic heterocycles. The second-order valence-electron chi connectivity index (χ2n) is 18.5. The zero-order chi connectivity index (χ0) is 50.1. The number of nitrogens with zero attached hydrogens (tertiary/aromatic N) is 2. The molecular formula is C53H58F2N7O10+. The molecule has 0 bridgehead atoms. The van der Waals surface area contributed by atoms with Crippen LogP contribution in [0.3, 0.4) is 0 Å². The van der Waals surface area contributed by atoms with Crippen LogP contribution in [0.2, 0.25) is 0 Å². The number of amidine groups is 1. The number of rotatable bonds is 20. The van der Waals surface area contributed by atoms with Crippen LogP contribution in [0.4, 0.5) is 25.8 Å². The average Bonchev–Trinajstić information content (AvgIpc) is 3.61. The molecule has 5 aliphatic heterocycles. The molecule has 0 spiro atoms. The molecule has 3 saturated heterocycles. The fraction of sp³-hybridized carbons (Fsp3) is 0.415. The molecule has 0 radical (unpaired) electrons. The molecule has 0 aliphatic carbocycles. The molecule has 4 aromatic rings. The summed E-state index contributed by atoms with van der Waals surface area (Å²) in [5, 5.41) is 12.0. The lowest BCUT2D eigenvalue weighted by atomic mass is 9.88.